The molecule has 0 spiro atoms. The Morgan fingerprint density at radius 3 is 2.57 bits per heavy atom. The summed E-state index contributed by atoms with van der Waals surface area (Å²) in [6, 6.07) is 14.2. The van der Waals surface area contributed by atoms with Crippen LogP contribution < -0.4 is 10.1 Å². The normalized spacial score (nSPS) is 21.4. The second kappa shape index (κ2) is 9.92. The number of fused-ring (bicyclic) bond motifs is 1. The fourth-order valence-corrected chi connectivity index (χ4v) is 4.33. The molecule has 4 nitrogen and oxygen atoms in total. The first kappa shape index (κ1) is 20.7. The minimum absolute atomic E-state index is 0.0176. The molecular formula is C24H34N2O2. The van der Waals surface area contributed by atoms with Gasteiger partial charge in [-0.3, -0.25) is 4.79 Å². The van der Waals surface area contributed by atoms with Crippen LogP contribution in [-0.4, -0.2) is 43.1 Å². The minimum atomic E-state index is -0.448. The van der Waals surface area contributed by atoms with Gasteiger partial charge in [-0.05, 0) is 60.5 Å². The Morgan fingerprint density at radius 2 is 1.86 bits per heavy atom. The second-order valence-corrected chi connectivity index (χ2v) is 8.37. The maximum atomic E-state index is 12.5. The van der Waals surface area contributed by atoms with Crippen molar-refractivity contribution in [3.63, 3.8) is 0 Å². The zero-order valence-electron chi connectivity index (χ0n) is 17.5. The molecule has 1 saturated heterocycles. The average Bonchev–Trinajstić information content (AvgIpc) is 2.68. The van der Waals surface area contributed by atoms with Crippen LogP contribution in [0.15, 0.2) is 42.5 Å². The fourth-order valence-electron chi connectivity index (χ4n) is 4.33. The van der Waals surface area contributed by atoms with Crippen molar-refractivity contribution in [1.82, 2.24) is 10.2 Å². The van der Waals surface area contributed by atoms with Crippen molar-refractivity contribution in [2.45, 2.75) is 46.1 Å². The van der Waals surface area contributed by atoms with Gasteiger partial charge in [-0.25, -0.2) is 0 Å². The second-order valence-electron chi connectivity index (χ2n) is 8.37. The van der Waals surface area contributed by atoms with E-state index >= 15 is 0 Å². The van der Waals surface area contributed by atoms with Crippen LogP contribution in [-0.2, 0) is 4.79 Å². The molecule has 0 radical (unpaired) electrons. The van der Waals surface area contributed by atoms with Gasteiger partial charge in [0.1, 0.15) is 5.75 Å². The summed E-state index contributed by atoms with van der Waals surface area (Å²) in [6.07, 6.45) is 2.52. The number of hydrogen-bond acceptors (Lipinski definition) is 3. The van der Waals surface area contributed by atoms with Crippen LogP contribution in [0.4, 0.5) is 0 Å². The van der Waals surface area contributed by atoms with E-state index in [1.165, 1.54) is 24.9 Å². The number of carbonyl (C=O) groups is 1. The van der Waals surface area contributed by atoms with Gasteiger partial charge in [0.25, 0.3) is 5.91 Å². The van der Waals surface area contributed by atoms with Gasteiger partial charge in [0.2, 0.25) is 0 Å². The number of rotatable bonds is 8. The summed E-state index contributed by atoms with van der Waals surface area (Å²) in [7, 11) is 0. The van der Waals surface area contributed by atoms with Crippen molar-refractivity contribution < 1.29 is 9.53 Å². The predicted molar refractivity (Wildman–Crippen MR) is 116 cm³/mol. The van der Waals surface area contributed by atoms with E-state index in [1.54, 1.807) is 0 Å². The third kappa shape index (κ3) is 5.71. The van der Waals surface area contributed by atoms with Crippen LogP contribution in [0.5, 0.6) is 5.75 Å². The molecular weight excluding hydrogens is 348 g/mol. The average molecular weight is 383 g/mol. The maximum absolute atomic E-state index is 12.5. The Bertz CT molecular complexity index is 766. The third-order valence-corrected chi connectivity index (χ3v) is 5.56. The summed E-state index contributed by atoms with van der Waals surface area (Å²) in [5.74, 6) is 2.28. The maximum Gasteiger partial charge on any atom is 0.261 e. The highest BCUT2D eigenvalue weighted by atomic mass is 16.5. The minimum Gasteiger partial charge on any atom is -0.481 e. The molecule has 1 aliphatic heterocycles. The SMILES string of the molecule is CC[C@H](Oc1ccc2ccccc2c1)C(=O)NCCCN1C[C@H](C)C[C@H](C)C1. The molecule has 28 heavy (non-hydrogen) atoms. The molecule has 1 fully saturated rings. The molecule has 152 valence electrons. The molecule has 0 bridgehead atoms. The predicted octanol–water partition coefficient (Wildman–Crippen LogP) is 4.48. The van der Waals surface area contributed by atoms with Crippen LogP contribution in [0, 0.1) is 11.8 Å². The van der Waals surface area contributed by atoms with Gasteiger partial charge in [0.15, 0.2) is 6.10 Å². The van der Waals surface area contributed by atoms with E-state index in [1.807, 2.05) is 37.3 Å². The summed E-state index contributed by atoms with van der Waals surface area (Å²) in [4.78, 5) is 15.1. The van der Waals surface area contributed by atoms with Gasteiger partial charge in [-0.1, -0.05) is 51.1 Å². The molecule has 1 N–H and O–H groups in total. The molecule has 1 aliphatic rings. The van der Waals surface area contributed by atoms with Gasteiger partial charge in [-0.15, -0.1) is 0 Å². The third-order valence-electron chi connectivity index (χ3n) is 5.56. The van der Waals surface area contributed by atoms with E-state index < -0.39 is 6.10 Å². The molecule has 0 saturated carbocycles. The van der Waals surface area contributed by atoms with Crippen LogP contribution in [0.1, 0.15) is 40.0 Å². The summed E-state index contributed by atoms with van der Waals surface area (Å²) in [5.41, 5.74) is 0. The first-order chi connectivity index (χ1) is 13.5. The number of nitrogens with zero attached hydrogens (tertiary/aromatic N) is 1. The van der Waals surface area contributed by atoms with Crippen molar-refractivity contribution >= 4 is 16.7 Å². The lowest BCUT2D eigenvalue weighted by Crippen LogP contribution is -2.41. The topological polar surface area (TPSA) is 41.6 Å². The van der Waals surface area contributed by atoms with E-state index in [9.17, 15) is 4.79 Å². The summed E-state index contributed by atoms with van der Waals surface area (Å²) in [5, 5.41) is 5.36. The van der Waals surface area contributed by atoms with E-state index in [2.05, 4.69) is 36.2 Å². The summed E-state index contributed by atoms with van der Waals surface area (Å²) < 4.78 is 5.99. The lowest BCUT2D eigenvalue weighted by atomic mass is 9.92. The number of benzene rings is 2. The van der Waals surface area contributed by atoms with Gasteiger partial charge >= 0.3 is 0 Å². The Balaban J connectivity index is 1.45. The summed E-state index contributed by atoms with van der Waals surface area (Å²) in [6.45, 7) is 10.8. The van der Waals surface area contributed by atoms with E-state index in [-0.39, 0.29) is 5.91 Å². The Labute approximate surface area is 169 Å². The van der Waals surface area contributed by atoms with Crippen molar-refractivity contribution in [2.24, 2.45) is 11.8 Å². The number of hydrogen-bond donors (Lipinski definition) is 1. The molecule has 2 aromatic carbocycles. The zero-order chi connectivity index (χ0) is 19.9. The lowest BCUT2D eigenvalue weighted by molar-refractivity contribution is -0.128. The molecule has 2 aromatic rings. The molecule has 4 heteroatoms. The van der Waals surface area contributed by atoms with Crippen molar-refractivity contribution in [2.75, 3.05) is 26.2 Å². The van der Waals surface area contributed by atoms with Crippen molar-refractivity contribution in [1.29, 1.82) is 0 Å². The quantitative estimate of drug-likeness (QED) is 0.685. The molecule has 0 unspecified atom stereocenters. The van der Waals surface area contributed by atoms with Crippen LogP contribution >= 0.6 is 0 Å². The summed E-state index contributed by atoms with van der Waals surface area (Å²) >= 11 is 0. The highest BCUT2D eigenvalue weighted by Gasteiger charge is 2.22. The Morgan fingerprint density at radius 1 is 1.14 bits per heavy atom. The van der Waals surface area contributed by atoms with Crippen LogP contribution in [0.3, 0.4) is 0 Å². The number of amides is 1. The molecule has 3 atom stereocenters. The van der Waals surface area contributed by atoms with E-state index in [4.69, 9.17) is 4.74 Å². The smallest absolute Gasteiger partial charge is 0.261 e. The molecule has 1 amide bonds. The van der Waals surface area contributed by atoms with Crippen LogP contribution in [0.25, 0.3) is 10.8 Å². The first-order valence-electron chi connectivity index (χ1n) is 10.7. The number of piperidine rings is 1. The number of likely N-dealkylation sites (tertiary alicyclic amines) is 1. The van der Waals surface area contributed by atoms with Gasteiger partial charge in [0.05, 0.1) is 0 Å². The zero-order valence-corrected chi connectivity index (χ0v) is 17.5. The van der Waals surface area contributed by atoms with Gasteiger partial charge in [-0.2, -0.15) is 0 Å². The lowest BCUT2D eigenvalue weighted by Gasteiger charge is -2.35. The number of ether oxygens (including phenoxy) is 1. The standard InChI is InChI=1S/C24H34N2O2/c1-4-23(28-22-11-10-20-8-5-6-9-21(20)15-22)24(27)25-12-7-13-26-16-18(2)14-19(3)17-26/h5-6,8-11,15,18-19,23H,4,7,12-14,16-17H2,1-3H3,(H,25,27)/t18-,19+,23-/m0/s1. The van der Waals surface area contributed by atoms with Crippen LogP contribution in [0.2, 0.25) is 0 Å². The first-order valence-corrected chi connectivity index (χ1v) is 10.7. The van der Waals surface area contributed by atoms with Gasteiger partial charge in [0, 0.05) is 19.6 Å². The molecule has 3 rings (SSSR count). The fraction of sp³-hybridized carbons (Fsp3) is 0.542. The highest BCUT2D eigenvalue weighted by Crippen LogP contribution is 2.22. The van der Waals surface area contributed by atoms with E-state index in [0.717, 1.165) is 35.9 Å². The monoisotopic (exact) mass is 382 g/mol. The number of carbonyl (C=O) groups excluding carboxylic acids is 1. The van der Waals surface area contributed by atoms with Crippen molar-refractivity contribution in [3.05, 3.63) is 42.5 Å². The van der Waals surface area contributed by atoms with Gasteiger partial charge < -0.3 is 15.0 Å². The van der Waals surface area contributed by atoms with Crippen molar-refractivity contribution in [3.8, 4) is 5.75 Å². The number of nitrogens with one attached hydrogen (secondary N) is 1. The Kier molecular flexibility index (Phi) is 7.32. The largest absolute Gasteiger partial charge is 0.481 e. The molecule has 1 heterocycles. The van der Waals surface area contributed by atoms with E-state index in [0.29, 0.717) is 13.0 Å². The molecule has 0 aromatic heterocycles. The molecule has 0 aliphatic carbocycles. The highest BCUT2D eigenvalue weighted by molar-refractivity contribution is 5.84. The Hall–Kier alpha value is -2.07.